The Morgan fingerprint density at radius 1 is 1.40 bits per heavy atom. The molecule has 3 nitrogen and oxygen atoms in total. The van der Waals surface area contributed by atoms with E-state index in [1.165, 1.54) is 0 Å². The van der Waals surface area contributed by atoms with Crippen molar-refractivity contribution in [3.63, 3.8) is 0 Å². The van der Waals surface area contributed by atoms with Gasteiger partial charge in [0.15, 0.2) is 0 Å². The van der Waals surface area contributed by atoms with Gasteiger partial charge in [0, 0.05) is 32.4 Å². The first-order valence-electron chi connectivity index (χ1n) is 5.58. The molecule has 1 aliphatic heterocycles. The maximum atomic E-state index is 12.0. The van der Waals surface area contributed by atoms with E-state index >= 15 is 0 Å². The number of piperazine rings is 1. The first-order chi connectivity index (χ1) is 7.00. The van der Waals surface area contributed by atoms with E-state index in [9.17, 15) is 4.79 Å². The number of carbonyl (C=O) groups is 1. The van der Waals surface area contributed by atoms with Gasteiger partial charge >= 0.3 is 0 Å². The van der Waals surface area contributed by atoms with Crippen molar-refractivity contribution >= 4 is 17.7 Å². The molecule has 0 saturated carbocycles. The van der Waals surface area contributed by atoms with Crippen molar-refractivity contribution in [2.24, 2.45) is 0 Å². The zero-order valence-corrected chi connectivity index (χ0v) is 11.1. The third-order valence-electron chi connectivity index (χ3n) is 3.08. The van der Waals surface area contributed by atoms with Crippen LogP contribution in [0.25, 0.3) is 0 Å². The Balaban J connectivity index is 2.54. The second-order valence-electron chi connectivity index (χ2n) is 4.47. The van der Waals surface area contributed by atoms with Crippen molar-refractivity contribution in [1.29, 1.82) is 0 Å². The highest BCUT2D eigenvalue weighted by molar-refractivity contribution is 7.99. The lowest BCUT2D eigenvalue weighted by atomic mass is 9.98. The predicted octanol–water partition coefficient (Wildman–Crippen LogP) is 1.29. The Kier molecular flexibility index (Phi) is 4.46. The predicted molar refractivity (Wildman–Crippen MR) is 66.3 cm³/mol. The molecule has 0 N–H and O–H groups in total. The average Bonchev–Trinajstić information content (AvgIpc) is 2.19. The molecular weight excluding hydrogens is 208 g/mol. The number of nitrogens with zero attached hydrogens (tertiary/aromatic N) is 2. The van der Waals surface area contributed by atoms with Crippen LogP contribution in [0.15, 0.2) is 0 Å². The van der Waals surface area contributed by atoms with E-state index in [1.807, 2.05) is 37.6 Å². The molecule has 4 heteroatoms. The van der Waals surface area contributed by atoms with Gasteiger partial charge in [0.25, 0.3) is 0 Å². The lowest BCUT2D eigenvalue weighted by molar-refractivity contribution is -0.146. The number of hydrogen-bond acceptors (Lipinski definition) is 3. The quantitative estimate of drug-likeness (QED) is 0.680. The molecule has 0 aliphatic carbocycles. The smallest absolute Gasteiger partial charge is 0.242 e. The molecule has 0 bridgehead atoms. The lowest BCUT2D eigenvalue weighted by Gasteiger charge is -2.44. The maximum Gasteiger partial charge on any atom is 0.242 e. The third-order valence-corrected chi connectivity index (χ3v) is 3.96. The Morgan fingerprint density at radius 3 is 2.67 bits per heavy atom. The summed E-state index contributed by atoms with van der Waals surface area (Å²) < 4.78 is 0. The fourth-order valence-corrected chi connectivity index (χ4v) is 2.60. The molecule has 1 heterocycles. The molecule has 0 aromatic heterocycles. The van der Waals surface area contributed by atoms with E-state index in [1.54, 1.807) is 0 Å². The summed E-state index contributed by atoms with van der Waals surface area (Å²) in [6.07, 6.45) is 0. The van der Waals surface area contributed by atoms with Crippen molar-refractivity contribution < 1.29 is 4.79 Å². The monoisotopic (exact) mass is 230 g/mol. The molecule has 0 unspecified atom stereocenters. The van der Waals surface area contributed by atoms with Gasteiger partial charge in [0.05, 0.1) is 5.54 Å². The zero-order valence-electron chi connectivity index (χ0n) is 10.2. The van der Waals surface area contributed by atoms with Crippen LogP contribution in [0.5, 0.6) is 0 Å². The second kappa shape index (κ2) is 5.21. The molecular formula is C11H22N2OS. The fourth-order valence-electron chi connectivity index (χ4n) is 1.96. The summed E-state index contributed by atoms with van der Waals surface area (Å²) in [4.78, 5) is 16.1. The van der Waals surface area contributed by atoms with Crippen molar-refractivity contribution in [3.05, 3.63) is 0 Å². The van der Waals surface area contributed by atoms with E-state index in [2.05, 4.69) is 11.8 Å². The minimum Gasteiger partial charge on any atom is -0.343 e. The lowest BCUT2D eigenvalue weighted by Crippen LogP contribution is -2.62. The van der Waals surface area contributed by atoms with E-state index in [-0.39, 0.29) is 11.4 Å². The van der Waals surface area contributed by atoms with Gasteiger partial charge in [-0.25, -0.2) is 0 Å². The normalized spacial score (nSPS) is 22.1. The number of carbonyl (C=O) groups excluding carboxylic acids is 1. The summed E-state index contributed by atoms with van der Waals surface area (Å²) in [5, 5.41) is 0. The van der Waals surface area contributed by atoms with Crippen LogP contribution < -0.4 is 0 Å². The van der Waals surface area contributed by atoms with Crippen molar-refractivity contribution in [2.75, 3.05) is 38.2 Å². The van der Waals surface area contributed by atoms with Gasteiger partial charge in [-0.3, -0.25) is 9.69 Å². The van der Waals surface area contributed by atoms with Crippen molar-refractivity contribution in [1.82, 2.24) is 9.80 Å². The van der Waals surface area contributed by atoms with Crippen LogP contribution >= 0.6 is 11.8 Å². The van der Waals surface area contributed by atoms with Gasteiger partial charge < -0.3 is 4.90 Å². The van der Waals surface area contributed by atoms with Gasteiger partial charge in [-0.2, -0.15) is 11.8 Å². The molecule has 1 amide bonds. The topological polar surface area (TPSA) is 23.6 Å². The first-order valence-corrected chi connectivity index (χ1v) is 6.74. The molecule has 1 fully saturated rings. The Bertz CT molecular complexity index is 231. The van der Waals surface area contributed by atoms with Crippen LogP contribution in [-0.4, -0.2) is 59.4 Å². The molecule has 0 atom stereocenters. The highest BCUT2D eigenvalue weighted by Gasteiger charge is 2.39. The highest BCUT2D eigenvalue weighted by atomic mass is 32.2. The first kappa shape index (κ1) is 12.8. The van der Waals surface area contributed by atoms with Crippen LogP contribution in [0.2, 0.25) is 0 Å². The van der Waals surface area contributed by atoms with Crippen LogP contribution in [0.1, 0.15) is 20.8 Å². The van der Waals surface area contributed by atoms with Crippen LogP contribution in [-0.2, 0) is 4.79 Å². The third kappa shape index (κ3) is 2.88. The van der Waals surface area contributed by atoms with E-state index < -0.39 is 0 Å². The minimum absolute atomic E-state index is 0.246. The molecule has 0 aromatic carbocycles. The summed E-state index contributed by atoms with van der Waals surface area (Å²) in [6.45, 7) is 9.11. The number of amides is 1. The molecule has 1 aliphatic rings. The Morgan fingerprint density at radius 2 is 2.07 bits per heavy atom. The molecule has 0 aromatic rings. The van der Waals surface area contributed by atoms with Crippen molar-refractivity contribution in [2.45, 2.75) is 26.3 Å². The molecule has 1 saturated heterocycles. The van der Waals surface area contributed by atoms with E-state index in [0.29, 0.717) is 0 Å². The zero-order chi connectivity index (χ0) is 11.5. The van der Waals surface area contributed by atoms with Crippen molar-refractivity contribution in [3.8, 4) is 0 Å². The SMILES string of the molecule is CCSCCN1CCN(C)C(=O)C1(C)C. The summed E-state index contributed by atoms with van der Waals surface area (Å²) in [7, 11) is 1.89. The van der Waals surface area contributed by atoms with Gasteiger partial charge in [-0.15, -0.1) is 0 Å². The number of likely N-dealkylation sites (N-methyl/N-ethyl adjacent to an activating group) is 1. The van der Waals surface area contributed by atoms with Gasteiger partial charge in [-0.1, -0.05) is 6.92 Å². The van der Waals surface area contributed by atoms with Crippen LogP contribution in [0.3, 0.4) is 0 Å². The van der Waals surface area contributed by atoms with Crippen LogP contribution in [0, 0.1) is 0 Å². The van der Waals surface area contributed by atoms with Gasteiger partial charge in [0.2, 0.25) is 5.91 Å². The molecule has 1 rings (SSSR count). The standard InChI is InChI=1S/C11H22N2OS/c1-5-15-9-8-13-7-6-12(4)10(14)11(13,2)3/h5-9H2,1-4H3. The number of thioether (sulfide) groups is 1. The summed E-state index contributed by atoms with van der Waals surface area (Å²) >= 11 is 1.94. The minimum atomic E-state index is -0.318. The molecule has 0 radical (unpaired) electrons. The number of hydrogen-bond donors (Lipinski definition) is 0. The summed E-state index contributed by atoms with van der Waals surface area (Å²) in [5.41, 5.74) is -0.318. The largest absolute Gasteiger partial charge is 0.343 e. The average molecular weight is 230 g/mol. The Hall–Kier alpha value is -0.220. The summed E-state index contributed by atoms with van der Waals surface area (Å²) in [5.74, 6) is 2.52. The number of rotatable bonds is 4. The van der Waals surface area contributed by atoms with Crippen LogP contribution in [0.4, 0.5) is 0 Å². The molecule has 15 heavy (non-hydrogen) atoms. The molecule has 88 valence electrons. The van der Waals surface area contributed by atoms with E-state index in [0.717, 1.165) is 31.1 Å². The van der Waals surface area contributed by atoms with E-state index in [4.69, 9.17) is 0 Å². The van der Waals surface area contributed by atoms with Gasteiger partial charge in [0.1, 0.15) is 0 Å². The Labute approximate surface area is 97.2 Å². The summed E-state index contributed by atoms with van der Waals surface area (Å²) in [6, 6.07) is 0. The fraction of sp³-hybridized carbons (Fsp3) is 0.909. The highest BCUT2D eigenvalue weighted by Crippen LogP contribution is 2.21. The maximum absolute atomic E-state index is 12.0. The van der Waals surface area contributed by atoms with Gasteiger partial charge in [-0.05, 0) is 19.6 Å². The molecule has 0 spiro atoms. The second-order valence-corrected chi connectivity index (χ2v) is 5.86.